The molecule has 0 aliphatic carbocycles. The summed E-state index contributed by atoms with van der Waals surface area (Å²) in [6.07, 6.45) is 2.02. The summed E-state index contributed by atoms with van der Waals surface area (Å²) in [7, 11) is -1.61. The van der Waals surface area contributed by atoms with E-state index in [4.69, 9.17) is 0 Å². The molecule has 0 bridgehead atoms. The van der Waals surface area contributed by atoms with Crippen molar-refractivity contribution in [2.75, 3.05) is 18.6 Å². The Hall–Kier alpha value is -1.02. The van der Waals surface area contributed by atoms with Crippen LogP contribution in [0.3, 0.4) is 0 Å². The first-order valence-electron chi connectivity index (χ1n) is 4.81. The van der Waals surface area contributed by atoms with E-state index in [1.54, 1.807) is 0 Å². The Kier molecular flexibility index (Phi) is 4.15. The second-order valence-corrected chi connectivity index (χ2v) is 5.85. The first kappa shape index (κ1) is 12.1. The van der Waals surface area contributed by atoms with Crippen LogP contribution in [0.1, 0.15) is 19.3 Å². The van der Waals surface area contributed by atoms with Crippen molar-refractivity contribution in [2.24, 2.45) is 5.92 Å². The van der Waals surface area contributed by atoms with Crippen molar-refractivity contribution in [3.8, 4) is 11.8 Å². The lowest BCUT2D eigenvalue weighted by Gasteiger charge is -2.19. The van der Waals surface area contributed by atoms with Gasteiger partial charge in [-0.1, -0.05) is 5.92 Å². The van der Waals surface area contributed by atoms with Crippen molar-refractivity contribution < 1.29 is 17.9 Å². The van der Waals surface area contributed by atoms with Gasteiger partial charge in [0.25, 0.3) is 0 Å². The van der Waals surface area contributed by atoms with Crippen LogP contribution >= 0.6 is 0 Å². The van der Waals surface area contributed by atoms with E-state index in [0.29, 0.717) is 12.8 Å². The minimum Gasteiger partial charge on any atom is -0.459 e. The molecule has 0 N–H and O–H groups in total. The molecule has 0 aromatic carbocycles. The van der Waals surface area contributed by atoms with Crippen LogP contribution < -0.4 is 0 Å². The molecule has 1 saturated heterocycles. The zero-order valence-electron chi connectivity index (χ0n) is 8.65. The second-order valence-electron chi connectivity index (χ2n) is 3.62. The number of sulfone groups is 1. The fourth-order valence-corrected chi connectivity index (χ4v) is 3.37. The van der Waals surface area contributed by atoms with Gasteiger partial charge in [0.1, 0.15) is 0 Å². The van der Waals surface area contributed by atoms with Gasteiger partial charge in [0.05, 0.1) is 18.6 Å². The summed E-state index contributed by atoms with van der Waals surface area (Å²) in [4.78, 5) is 10.7. The Morgan fingerprint density at radius 1 is 1.53 bits per heavy atom. The molecule has 4 nitrogen and oxygen atoms in total. The molecule has 1 fully saturated rings. The van der Waals surface area contributed by atoms with E-state index in [9.17, 15) is 13.2 Å². The molecule has 0 radical (unpaired) electrons. The molecule has 1 rings (SSSR count). The highest BCUT2D eigenvalue weighted by molar-refractivity contribution is 7.91. The maximum Gasteiger partial charge on any atom is 0.384 e. The number of carbonyl (C=O) groups is 1. The Bertz CT molecular complexity index is 385. The van der Waals surface area contributed by atoms with Crippen molar-refractivity contribution in [1.82, 2.24) is 0 Å². The van der Waals surface area contributed by atoms with E-state index in [1.807, 2.05) is 0 Å². The number of hydrogen-bond donors (Lipinski definition) is 0. The minimum atomic E-state index is -2.87. The molecule has 0 aromatic heterocycles. The molecule has 5 heteroatoms. The van der Waals surface area contributed by atoms with Gasteiger partial charge in [0, 0.05) is 12.3 Å². The minimum absolute atomic E-state index is 0.0703. The number of esters is 1. The van der Waals surface area contributed by atoms with Gasteiger partial charge in [-0.05, 0) is 18.8 Å². The van der Waals surface area contributed by atoms with Crippen LogP contribution in [-0.2, 0) is 19.4 Å². The maximum atomic E-state index is 11.3. The van der Waals surface area contributed by atoms with Gasteiger partial charge < -0.3 is 4.74 Å². The summed E-state index contributed by atoms with van der Waals surface area (Å²) in [6.45, 7) is 0. The fourth-order valence-electron chi connectivity index (χ4n) is 1.60. The molecule has 0 aromatic rings. The van der Waals surface area contributed by atoms with Crippen molar-refractivity contribution in [3.05, 3.63) is 0 Å². The molecule has 1 atom stereocenters. The van der Waals surface area contributed by atoms with Gasteiger partial charge in [0.15, 0.2) is 9.84 Å². The van der Waals surface area contributed by atoms with Crippen LogP contribution in [0.25, 0.3) is 0 Å². The van der Waals surface area contributed by atoms with E-state index in [-0.39, 0.29) is 17.4 Å². The van der Waals surface area contributed by atoms with Gasteiger partial charge in [-0.3, -0.25) is 0 Å². The van der Waals surface area contributed by atoms with Crippen LogP contribution in [0.2, 0.25) is 0 Å². The zero-order chi connectivity index (χ0) is 11.3. The molecule has 0 amide bonds. The highest BCUT2D eigenvalue weighted by atomic mass is 32.2. The number of carbonyl (C=O) groups excluding carboxylic acids is 1. The summed E-state index contributed by atoms with van der Waals surface area (Å²) in [6, 6.07) is 0. The van der Waals surface area contributed by atoms with E-state index < -0.39 is 15.8 Å². The molecule has 1 aliphatic heterocycles. The molecule has 84 valence electrons. The lowest BCUT2D eigenvalue weighted by Crippen LogP contribution is -2.24. The quantitative estimate of drug-likeness (QED) is 0.371. The van der Waals surface area contributed by atoms with Crippen molar-refractivity contribution in [3.63, 3.8) is 0 Å². The third kappa shape index (κ3) is 4.34. The first-order chi connectivity index (χ1) is 7.03. The molecule has 0 saturated carbocycles. The molecular formula is C10H14O4S. The molecule has 15 heavy (non-hydrogen) atoms. The normalized spacial score (nSPS) is 23.7. The molecule has 1 unspecified atom stereocenters. The monoisotopic (exact) mass is 230 g/mol. The third-order valence-electron chi connectivity index (χ3n) is 2.32. The van der Waals surface area contributed by atoms with Crippen molar-refractivity contribution in [1.29, 1.82) is 0 Å². The van der Waals surface area contributed by atoms with E-state index in [1.165, 1.54) is 7.11 Å². The van der Waals surface area contributed by atoms with E-state index >= 15 is 0 Å². The molecular weight excluding hydrogens is 216 g/mol. The fraction of sp³-hybridized carbons (Fsp3) is 0.700. The van der Waals surface area contributed by atoms with Gasteiger partial charge in [-0.2, -0.15) is 0 Å². The predicted octanol–water partition coefficient (Wildman–Crippen LogP) is 0.378. The average molecular weight is 230 g/mol. The van der Waals surface area contributed by atoms with E-state index in [2.05, 4.69) is 16.6 Å². The van der Waals surface area contributed by atoms with E-state index in [0.717, 1.165) is 6.42 Å². The topological polar surface area (TPSA) is 60.4 Å². The van der Waals surface area contributed by atoms with Crippen LogP contribution in [0.4, 0.5) is 0 Å². The zero-order valence-corrected chi connectivity index (χ0v) is 9.47. The SMILES string of the molecule is COC(=O)C#CCC1CCCS(=O)(=O)C1. The highest BCUT2D eigenvalue weighted by Crippen LogP contribution is 2.20. The van der Waals surface area contributed by atoms with Crippen molar-refractivity contribution in [2.45, 2.75) is 19.3 Å². The molecule has 1 heterocycles. The van der Waals surface area contributed by atoms with Gasteiger partial charge in [0.2, 0.25) is 0 Å². The Labute approximate surface area is 89.9 Å². The van der Waals surface area contributed by atoms with Crippen LogP contribution in [0.15, 0.2) is 0 Å². The van der Waals surface area contributed by atoms with Gasteiger partial charge >= 0.3 is 5.97 Å². The molecule has 0 spiro atoms. The predicted molar refractivity (Wildman–Crippen MR) is 55.8 cm³/mol. The Balaban J connectivity index is 2.45. The van der Waals surface area contributed by atoms with Crippen LogP contribution in [0.5, 0.6) is 0 Å². The summed E-state index contributed by atoms with van der Waals surface area (Å²) in [5, 5.41) is 0. The number of methoxy groups -OCH3 is 1. The van der Waals surface area contributed by atoms with Gasteiger partial charge in [-0.25, -0.2) is 13.2 Å². The maximum absolute atomic E-state index is 11.3. The second kappa shape index (κ2) is 5.17. The number of hydrogen-bond acceptors (Lipinski definition) is 4. The summed E-state index contributed by atoms with van der Waals surface area (Å²) < 4.78 is 26.9. The van der Waals surface area contributed by atoms with Gasteiger partial charge in [-0.15, -0.1) is 0 Å². The highest BCUT2D eigenvalue weighted by Gasteiger charge is 2.23. The summed E-state index contributed by atoms with van der Waals surface area (Å²) in [5.41, 5.74) is 0. The van der Waals surface area contributed by atoms with Crippen LogP contribution in [-0.4, -0.2) is 33.0 Å². The smallest absolute Gasteiger partial charge is 0.384 e. The first-order valence-corrected chi connectivity index (χ1v) is 6.63. The lowest BCUT2D eigenvalue weighted by molar-refractivity contribution is -0.133. The molecule has 1 aliphatic rings. The number of rotatable bonds is 1. The lowest BCUT2D eigenvalue weighted by atomic mass is 10.0. The average Bonchev–Trinajstić information content (AvgIpc) is 2.16. The Morgan fingerprint density at radius 3 is 2.87 bits per heavy atom. The summed E-state index contributed by atoms with van der Waals surface area (Å²) >= 11 is 0. The largest absolute Gasteiger partial charge is 0.459 e. The summed E-state index contributed by atoms with van der Waals surface area (Å²) in [5.74, 6) is 4.93. The third-order valence-corrected chi connectivity index (χ3v) is 4.21. The van der Waals surface area contributed by atoms with Crippen LogP contribution in [0, 0.1) is 17.8 Å². The standard InChI is InChI=1S/C10H14O4S/c1-14-10(11)6-2-4-9-5-3-7-15(12,13)8-9/h9H,3-5,7-8H2,1H3. The van der Waals surface area contributed by atoms with Crippen molar-refractivity contribution >= 4 is 15.8 Å². The Morgan fingerprint density at radius 2 is 2.27 bits per heavy atom. The number of ether oxygens (including phenoxy) is 1.